The lowest BCUT2D eigenvalue weighted by molar-refractivity contribution is 0.0692. The second-order valence-electron chi connectivity index (χ2n) is 4.56. The second kappa shape index (κ2) is 5.58. The number of benzene rings is 3. The first-order valence-corrected chi connectivity index (χ1v) is 7.14. The van der Waals surface area contributed by atoms with E-state index in [1.54, 1.807) is 0 Å². The number of carboxylic acid groups (broad SMARTS) is 1. The molecule has 0 aliphatic heterocycles. The van der Waals surface area contributed by atoms with E-state index in [1.807, 2.05) is 42.5 Å². The van der Waals surface area contributed by atoms with E-state index >= 15 is 0 Å². The Kier molecular flexibility index (Phi) is 3.62. The molecule has 3 aromatic carbocycles. The molecule has 0 saturated carbocycles. The largest absolute Gasteiger partial charge is 0.478 e. The molecule has 3 rings (SSSR count). The van der Waals surface area contributed by atoms with Crippen LogP contribution in [0.1, 0.15) is 10.4 Å². The van der Waals surface area contributed by atoms with Gasteiger partial charge in [-0.05, 0) is 41.1 Å². The Morgan fingerprint density at radius 1 is 0.952 bits per heavy atom. The number of hydrogen-bond donors (Lipinski definition) is 1. The molecule has 0 aromatic heterocycles. The second-order valence-corrected chi connectivity index (χ2v) is 5.67. The highest BCUT2D eigenvalue weighted by atomic mass is 32.2. The van der Waals surface area contributed by atoms with Gasteiger partial charge in [0, 0.05) is 9.79 Å². The van der Waals surface area contributed by atoms with Crippen LogP contribution in [0.15, 0.2) is 70.5 Å². The molecule has 0 atom stereocenters. The van der Waals surface area contributed by atoms with Crippen molar-refractivity contribution in [1.82, 2.24) is 0 Å². The molecule has 0 spiro atoms. The molecular formula is C17H11FO2S. The first-order valence-electron chi connectivity index (χ1n) is 6.33. The minimum Gasteiger partial charge on any atom is -0.478 e. The molecule has 21 heavy (non-hydrogen) atoms. The van der Waals surface area contributed by atoms with Crippen molar-refractivity contribution in [2.75, 3.05) is 0 Å². The summed E-state index contributed by atoms with van der Waals surface area (Å²) in [4.78, 5) is 12.6. The zero-order valence-electron chi connectivity index (χ0n) is 10.9. The average molecular weight is 298 g/mol. The van der Waals surface area contributed by atoms with Crippen molar-refractivity contribution in [3.05, 3.63) is 72.0 Å². The van der Waals surface area contributed by atoms with Gasteiger partial charge in [-0.2, -0.15) is 0 Å². The summed E-state index contributed by atoms with van der Waals surface area (Å²) in [6.07, 6.45) is 0. The molecule has 3 aromatic rings. The van der Waals surface area contributed by atoms with Crippen LogP contribution in [0.5, 0.6) is 0 Å². The van der Waals surface area contributed by atoms with E-state index in [4.69, 9.17) is 5.11 Å². The van der Waals surface area contributed by atoms with Crippen LogP contribution in [0, 0.1) is 5.82 Å². The number of halogens is 1. The Hall–Kier alpha value is -2.33. The molecule has 0 radical (unpaired) electrons. The Labute approximate surface area is 125 Å². The number of hydrogen-bond acceptors (Lipinski definition) is 2. The SMILES string of the molecule is O=C(O)c1cc(F)ccc1Sc1ccc2ccccc2c1. The number of carbonyl (C=O) groups is 1. The Bertz CT molecular complexity index is 830. The van der Waals surface area contributed by atoms with Crippen molar-refractivity contribution in [1.29, 1.82) is 0 Å². The molecule has 104 valence electrons. The standard InChI is InChI=1S/C17H11FO2S/c18-13-6-8-16(15(10-13)17(19)20)21-14-7-5-11-3-1-2-4-12(11)9-14/h1-10H,(H,19,20). The monoisotopic (exact) mass is 298 g/mol. The van der Waals surface area contributed by atoms with E-state index in [9.17, 15) is 9.18 Å². The zero-order valence-corrected chi connectivity index (χ0v) is 11.7. The van der Waals surface area contributed by atoms with Gasteiger partial charge in [0.15, 0.2) is 0 Å². The zero-order chi connectivity index (χ0) is 14.8. The summed E-state index contributed by atoms with van der Waals surface area (Å²) in [5.74, 6) is -1.67. The first kappa shape index (κ1) is 13.6. The predicted octanol–water partition coefficient (Wildman–Crippen LogP) is 4.83. The van der Waals surface area contributed by atoms with Crippen LogP contribution in [-0.2, 0) is 0 Å². The number of fused-ring (bicyclic) bond motifs is 1. The Balaban J connectivity index is 2.00. The summed E-state index contributed by atoms with van der Waals surface area (Å²) in [7, 11) is 0. The quantitative estimate of drug-likeness (QED) is 0.752. The van der Waals surface area contributed by atoms with Gasteiger partial charge in [0.05, 0.1) is 5.56 Å². The van der Waals surface area contributed by atoms with Gasteiger partial charge < -0.3 is 5.11 Å². The van der Waals surface area contributed by atoms with E-state index in [0.29, 0.717) is 4.90 Å². The smallest absolute Gasteiger partial charge is 0.336 e. The maximum atomic E-state index is 13.2. The maximum absolute atomic E-state index is 13.2. The lowest BCUT2D eigenvalue weighted by Crippen LogP contribution is -1.99. The summed E-state index contributed by atoms with van der Waals surface area (Å²) in [6, 6.07) is 17.7. The minimum atomic E-state index is -1.13. The minimum absolute atomic E-state index is 0.0202. The number of aromatic carboxylic acids is 1. The van der Waals surface area contributed by atoms with Crippen molar-refractivity contribution in [2.24, 2.45) is 0 Å². The molecule has 0 fully saturated rings. The van der Waals surface area contributed by atoms with Crippen LogP contribution in [0.25, 0.3) is 10.8 Å². The van der Waals surface area contributed by atoms with Gasteiger partial charge >= 0.3 is 5.97 Å². The van der Waals surface area contributed by atoms with Crippen LogP contribution in [-0.4, -0.2) is 11.1 Å². The van der Waals surface area contributed by atoms with E-state index in [1.165, 1.54) is 23.9 Å². The normalized spacial score (nSPS) is 10.7. The summed E-state index contributed by atoms with van der Waals surface area (Å²) >= 11 is 1.32. The first-order chi connectivity index (χ1) is 10.1. The third-order valence-electron chi connectivity index (χ3n) is 3.12. The van der Waals surface area contributed by atoms with Crippen LogP contribution in [0.4, 0.5) is 4.39 Å². The van der Waals surface area contributed by atoms with Gasteiger partial charge in [-0.25, -0.2) is 9.18 Å². The van der Waals surface area contributed by atoms with Gasteiger partial charge in [-0.15, -0.1) is 0 Å². The predicted molar refractivity (Wildman–Crippen MR) is 81.4 cm³/mol. The van der Waals surface area contributed by atoms with Crippen LogP contribution >= 0.6 is 11.8 Å². The van der Waals surface area contributed by atoms with Gasteiger partial charge in [0.2, 0.25) is 0 Å². The molecule has 0 heterocycles. The van der Waals surface area contributed by atoms with E-state index in [-0.39, 0.29) is 5.56 Å². The molecule has 0 unspecified atom stereocenters. The number of carboxylic acids is 1. The highest BCUT2D eigenvalue weighted by Gasteiger charge is 2.12. The topological polar surface area (TPSA) is 37.3 Å². The Morgan fingerprint density at radius 2 is 1.71 bits per heavy atom. The van der Waals surface area contributed by atoms with Crippen molar-refractivity contribution in [3.8, 4) is 0 Å². The van der Waals surface area contributed by atoms with Gasteiger partial charge in [-0.1, -0.05) is 42.1 Å². The highest BCUT2D eigenvalue weighted by Crippen LogP contribution is 2.32. The molecule has 0 aliphatic rings. The van der Waals surface area contributed by atoms with Crippen LogP contribution in [0.3, 0.4) is 0 Å². The highest BCUT2D eigenvalue weighted by molar-refractivity contribution is 7.99. The number of rotatable bonds is 3. The van der Waals surface area contributed by atoms with Crippen molar-refractivity contribution in [3.63, 3.8) is 0 Å². The Morgan fingerprint density at radius 3 is 2.48 bits per heavy atom. The average Bonchev–Trinajstić information content (AvgIpc) is 2.49. The van der Waals surface area contributed by atoms with E-state index in [0.717, 1.165) is 21.7 Å². The van der Waals surface area contributed by atoms with E-state index < -0.39 is 11.8 Å². The molecule has 4 heteroatoms. The summed E-state index contributed by atoms with van der Waals surface area (Å²) in [5, 5.41) is 11.4. The van der Waals surface area contributed by atoms with Gasteiger partial charge in [0.25, 0.3) is 0 Å². The third-order valence-corrected chi connectivity index (χ3v) is 4.19. The van der Waals surface area contributed by atoms with Crippen molar-refractivity contribution in [2.45, 2.75) is 9.79 Å². The fourth-order valence-corrected chi connectivity index (χ4v) is 3.08. The molecule has 1 N–H and O–H groups in total. The fraction of sp³-hybridized carbons (Fsp3) is 0. The maximum Gasteiger partial charge on any atom is 0.336 e. The fourth-order valence-electron chi connectivity index (χ4n) is 2.12. The van der Waals surface area contributed by atoms with Crippen molar-refractivity contribution >= 4 is 28.5 Å². The summed E-state index contributed by atoms with van der Waals surface area (Å²) in [6.45, 7) is 0. The molecule has 0 amide bonds. The van der Waals surface area contributed by atoms with Crippen molar-refractivity contribution < 1.29 is 14.3 Å². The molecule has 0 bridgehead atoms. The lowest BCUT2D eigenvalue weighted by Gasteiger charge is -2.07. The summed E-state index contributed by atoms with van der Waals surface area (Å²) < 4.78 is 13.2. The lowest BCUT2D eigenvalue weighted by atomic mass is 10.1. The van der Waals surface area contributed by atoms with Gasteiger partial charge in [0.1, 0.15) is 5.82 Å². The third kappa shape index (κ3) is 2.90. The molecule has 0 aliphatic carbocycles. The van der Waals surface area contributed by atoms with Crippen LogP contribution in [0.2, 0.25) is 0 Å². The van der Waals surface area contributed by atoms with Gasteiger partial charge in [-0.3, -0.25) is 0 Å². The summed E-state index contributed by atoms with van der Waals surface area (Å²) in [5.41, 5.74) is -0.0202. The molecule has 2 nitrogen and oxygen atoms in total. The molecule has 0 saturated heterocycles. The van der Waals surface area contributed by atoms with Crippen LogP contribution < -0.4 is 0 Å². The molecular weight excluding hydrogens is 287 g/mol. The van der Waals surface area contributed by atoms with E-state index in [2.05, 4.69) is 0 Å².